The summed E-state index contributed by atoms with van der Waals surface area (Å²) < 4.78 is 19.4. The summed E-state index contributed by atoms with van der Waals surface area (Å²) in [5.41, 5.74) is 0.880. The molecule has 0 N–H and O–H groups in total. The van der Waals surface area contributed by atoms with Crippen LogP contribution in [0.4, 0.5) is 4.39 Å². The summed E-state index contributed by atoms with van der Waals surface area (Å²) in [6.07, 6.45) is 0.0228. The van der Waals surface area contributed by atoms with Crippen LogP contribution in [-0.2, 0) is 16.1 Å². The molecule has 0 atom stereocenters. The minimum absolute atomic E-state index is 0.0228. The second kappa shape index (κ2) is 7.30. The third-order valence-electron chi connectivity index (χ3n) is 3.91. The highest BCUT2D eigenvalue weighted by Gasteiger charge is 2.38. The largest absolute Gasteiger partial charge is 0.491 e. The lowest BCUT2D eigenvalue weighted by molar-refractivity contribution is -0.137. The van der Waals surface area contributed by atoms with Gasteiger partial charge >= 0.3 is 0 Å². The second-order valence-electron chi connectivity index (χ2n) is 6.17. The van der Waals surface area contributed by atoms with Gasteiger partial charge in [0.15, 0.2) is 0 Å². The maximum Gasteiger partial charge on any atom is 0.273 e. The van der Waals surface area contributed by atoms with E-state index < -0.39 is 17.6 Å². The zero-order valence-electron chi connectivity index (χ0n) is 14.3. The van der Waals surface area contributed by atoms with Crippen LogP contribution in [0, 0.1) is 5.82 Å². The summed E-state index contributed by atoms with van der Waals surface area (Å²) in [7, 11) is 0. The highest BCUT2D eigenvalue weighted by atomic mass is 35.5. The molecule has 3 rings (SSSR count). The van der Waals surface area contributed by atoms with E-state index in [-0.39, 0.29) is 28.8 Å². The number of carbonyl (C=O) groups is 2. The molecule has 1 heterocycles. The molecule has 0 aliphatic carbocycles. The summed E-state index contributed by atoms with van der Waals surface area (Å²) in [5.74, 6) is -0.994. The Bertz CT molecular complexity index is 890. The molecule has 0 radical (unpaired) electrons. The molecule has 4 nitrogen and oxygen atoms in total. The van der Waals surface area contributed by atoms with Gasteiger partial charge in [-0.15, -0.1) is 0 Å². The molecule has 6 heteroatoms. The van der Waals surface area contributed by atoms with Crippen molar-refractivity contribution in [2.75, 3.05) is 0 Å². The van der Waals surface area contributed by atoms with E-state index in [4.69, 9.17) is 16.3 Å². The first-order chi connectivity index (χ1) is 12.4. The van der Waals surface area contributed by atoms with Gasteiger partial charge in [0.25, 0.3) is 11.8 Å². The molecular formula is C20H17ClFNO3. The third kappa shape index (κ3) is 3.48. The summed E-state index contributed by atoms with van der Waals surface area (Å²) >= 11 is 6.13. The predicted molar refractivity (Wildman–Crippen MR) is 96.9 cm³/mol. The molecule has 2 aromatic carbocycles. The fourth-order valence-corrected chi connectivity index (χ4v) is 3.00. The predicted octanol–water partition coefficient (Wildman–Crippen LogP) is 4.13. The van der Waals surface area contributed by atoms with Crippen LogP contribution in [0.3, 0.4) is 0 Å². The van der Waals surface area contributed by atoms with Crippen LogP contribution >= 0.6 is 11.6 Å². The van der Waals surface area contributed by atoms with Crippen molar-refractivity contribution in [2.45, 2.75) is 26.5 Å². The molecule has 134 valence electrons. The molecule has 0 saturated heterocycles. The summed E-state index contributed by atoms with van der Waals surface area (Å²) in [6, 6.07) is 12.8. The Morgan fingerprint density at radius 1 is 1.04 bits per heavy atom. The van der Waals surface area contributed by atoms with Crippen LogP contribution in [0.1, 0.15) is 25.0 Å². The lowest BCUT2D eigenvalue weighted by Gasteiger charge is -2.15. The van der Waals surface area contributed by atoms with Crippen molar-refractivity contribution in [1.82, 2.24) is 4.90 Å². The molecule has 1 aliphatic rings. The van der Waals surface area contributed by atoms with Gasteiger partial charge in [-0.1, -0.05) is 41.9 Å². The Kier molecular flexibility index (Phi) is 5.09. The molecule has 0 aromatic heterocycles. The van der Waals surface area contributed by atoms with Crippen LogP contribution < -0.4 is 4.74 Å². The summed E-state index contributed by atoms with van der Waals surface area (Å²) in [4.78, 5) is 26.1. The van der Waals surface area contributed by atoms with Gasteiger partial charge < -0.3 is 4.74 Å². The fourth-order valence-electron chi connectivity index (χ4n) is 2.71. The van der Waals surface area contributed by atoms with Gasteiger partial charge in [-0.3, -0.25) is 14.5 Å². The van der Waals surface area contributed by atoms with E-state index in [1.54, 1.807) is 36.4 Å². The number of halogens is 2. The van der Waals surface area contributed by atoms with Crippen LogP contribution in [0.15, 0.2) is 53.6 Å². The standard InChI is InChI=1S/C20H17ClFNO3/c1-12(2)26-15-9-7-13(8-10-15)17-18(21)20(25)23(19(17)24)11-14-5-3-4-6-16(14)22/h3-10,12H,11H2,1-2H3. The molecule has 0 saturated carbocycles. The maximum absolute atomic E-state index is 13.9. The number of imide groups is 1. The first kappa shape index (κ1) is 18.1. The highest BCUT2D eigenvalue weighted by Crippen LogP contribution is 2.33. The first-order valence-corrected chi connectivity index (χ1v) is 8.52. The molecule has 26 heavy (non-hydrogen) atoms. The third-order valence-corrected chi connectivity index (χ3v) is 4.26. The van der Waals surface area contributed by atoms with E-state index in [0.29, 0.717) is 11.3 Å². The summed E-state index contributed by atoms with van der Waals surface area (Å²) in [5, 5.41) is -0.163. The molecule has 2 aromatic rings. The molecule has 0 spiro atoms. The highest BCUT2D eigenvalue weighted by molar-refractivity contribution is 6.55. The monoisotopic (exact) mass is 373 g/mol. The van der Waals surface area contributed by atoms with Crippen LogP contribution in [0.25, 0.3) is 5.57 Å². The Morgan fingerprint density at radius 3 is 2.31 bits per heavy atom. The molecule has 0 unspecified atom stereocenters. The average molecular weight is 374 g/mol. The van der Waals surface area contributed by atoms with Crippen LogP contribution in [0.5, 0.6) is 5.75 Å². The van der Waals surface area contributed by atoms with E-state index in [2.05, 4.69) is 0 Å². The number of rotatable bonds is 5. The van der Waals surface area contributed by atoms with Crippen molar-refractivity contribution >= 4 is 29.0 Å². The average Bonchev–Trinajstić information content (AvgIpc) is 2.81. The van der Waals surface area contributed by atoms with Crippen LogP contribution in [0.2, 0.25) is 0 Å². The van der Waals surface area contributed by atoms with Crippen molar-refractivity contribution < 1.29 is 18.7 Å². The molecule has 1 aliphatic heterocycles. The number of benzene rings is 2. The Hall–Kier alpha value is -2.66. The van der Waals surface area contributed by atoms with E-state index in [9.17, 15) is 14.0 Å². The minimum atomic E-state index is -0.627. The lowest BCUT2D eigenvalue weighted by atomic mass is 10.1. The van der Waals surface area contributed by atoms with Gasteiger partial charge in [-0.2, -0.15) is 0 Å². The van der Waals surface area contributed by atoms with Crippen molar-refractivity contribution in [3.05, 3.63) is 70.5 Å². The number of hydrogen-bond donors (Lipinski definition) is 0. The van der Waals surface area contributed by atoms with Gasteiger partial charge in [0.2, 0.25) is 0 Å². The zero-order valence-corrected chi connectivity index (χ0v) is 15.1. The Labute approximate surface area is 155 Å². The van der Waals surface area contributed by atoms with Gasteiger partial charge in [0.05, 0.1) is 18.2 Å². The van der Waals surface area contributed by atoms with Gasteiger partial charge in [-0.05, 0) is 37.6 Å². The van der Waals surface area contributed by atoms with E-state index in [0.717, 1.165) is 4.90 Å². The maximum atomic E-state index is 13.9. The van der Waals surface area contributed by atoms with Crippen molar-refractivity contribution in [3.63, 3.8) is 0 Å². The molecule has 2 amide bonds. The van der Waals surface area contributed by atoms with Crippen LogP contribution in [-0.4, -0.2) is 22.8 Å². The smallest absolute Gasteiger partial charge is 0.273 e. The topological polar surface area (TPSA) is 46.6 Å². The number of amides is 2. The number of carbonyl (C=O) groups excluding carboxylic acids is 2. The second-order valence-corrected chi connectivity index (χ2v) is 6.55. The van der Waals surface area contributed by atoms with Crippen molar-refractivity contribution in [2.24, 2.45) is 0 Å². The first-order valence-electron chi connectivity index (χ1n) is 8.15. The normalized spacial score (nSPS) is 14.6. The SMILES string of the molecule is CC(C)Oc1ccc(C2=C(Cl)C(=O)N(Cc3ccccc3F)C2=O)cc1. The van der Waals surface area contributed by atoms with Gasteiger partial charge in [0, 0.05) is 5.56 Å². The Morgan fingerprint density at radius 2 is 1.69 bits per heavy atom. The van der Waals surface area contributed by atoms with E-state index in [1.807, 2.05) is 13.8 Å². The van der Waals surface area contributed by atoms with E-state index in [1.165, 1.54) is 12.1 Å². The minimum Gasteiger partial charge on any atom is -0.491 e. The number of nitrogens with zero attached hydrogens (tertiary/aromatic N) is 1. The Balaban J connectivity index is 1.86. The van der Waals surface area contributed by atoms with Gasteiger partial charge in [-0.25, -0.2) is 4.39 Å². The molecular weight excluding hydrogens is 357 g/mol. The van der Waals surface area contributed by atoms with Crippen molar-refractivity contribution in [3.8, 4) is 5.75 Å². The molecule has 0 bridgehead atoms. The van der Waals surface area contributed by atoms with E-state index >= 15 is 0 Å². The quantitative estimate of drug-likeness (QED) is 0.740. The van der Waals surface area contributed by atoms with Crippen molar-refractivity contribution in [1.29, 1.82) is 0 Å². The summed E-state index contributed by atoms with van der Waals surface area (Å²) in [6.45, 7) is 3.65. The van der Waals surface area contributed by atoms with Gasteiger partial charge in [0.1, 0.15) is 16.6 Å². The lowest BCUT2D eigenvalue weighted by Crippen LogP contribution is -2.31. The molecule has 0 fully saturated rings. The zero-order chi connectivity index (χ0) is 18.8. The number of ether oxygens (including phenoxy) is 1. The number of hydrogen-bond acceptors (Lipinski definition) is 3. The fraction of sp³-hybridized carbons (Fsp3) is 0.200.